The van der Waals surface area contributed by atoms with Gasteiger partial charge in [0.25, 0.3) is 0 Å². The third-order valence-electron chi connectivity index (χ3n) is 9.36. The summed E-state index contributed by atoms with van der Waals surface area (Å²) >= 11 is 0. The molecule has 2 nitrogen and oxygen atoms in total. The fourth-order valence-electron chi connectivity index (χ4n) is 7.67. The van der Waals surface area contributed by atoms with Crippen molar-refractivity contribution in [3.63, 3.8) is 0 Å². The predicted octanol–water partition coefficient (Wildman–Crippen LogP) is 10.1. The molecule has 0 atom stereocenters. The molecule has 9 rings (SSSR count). The smallest absolute Gasteiger partial charge is 0.151 e. The number of ether oxygens (including phenoxy) is 1. The number of nitrogens with zero attached hydrogens (tertiary/aromatic N) is 1. The molecule has 0 bridgehead atoms. The van der Waals surface area contributed by atoms with E-state index in [0.29, 0.717) is 5.92 Å². The van der Waals surface area contributed by atoms with Gasteiger partial charge in [0.15, 0.2) is 11.5 Å². The molecule has 0 N–H and O–H groups in total. The van der Waals surface area contributed by atoms with Gasteiger partial charge in [0.05, 0.1) is 22.5 Å². The summed E-state index contributed by atoms with van der Waals surface area (Å²) in [6, 6.07) is 50.9. The summed E-state index contributed by atoms with van der Waals surface area (Å²) in [6.45, 7) is 2.35. The maximum absolute atomic E-state index is 6.62. The van der Waals surface area contributed by atoms with Crippen molar-refractivity contribution in [3.05, 3.63) is 173 Å². The molecule has 0 saturated heterocycles. The Hall–Kier alpha value is -5.08. The maximum atomic E-state index is 6.62. The monoisotopic (exact) mass is 525 g/mol. The molecule has 1 aliphatic carbocycles. The quantitative estimate of drug-likeness (QED) is 0.211. The molecular weight excluding hydrogens is 498 g/mol. The minimum absolute atomic E-state index is 0.295. The van der Waals surface area contributed by atoms with Crippen molar-refractivity contribution in [2.24, 2.45) is 0 Å². The van der Waals surface area contributed by atoms with Gasteiger partial charge in [0, 0.05) is 5.92 Å². The highest BCUT2D eigenvalue weighted by Crippen LogP contribution is 2.65. The normalized spacial score (nSPS) is 18.9. The minimum atomic E-state index is -0.503. The first kappa shape index (κ1) is 22.7. The van der Waals surface area contributed by atoms with Gasteiger partial charge in [-0.25, -0.2) is 0 Å². The van der Waals surface area contributed by atoms with Gasteiger partial charge >= 0.3 is 0 Å². The molecular formula is C39H27NO. The molecule has 6 aromatic rings. The van der Waals surface area contributed by atoms with E-state index in [0.717, 1.165) is 22.9 Å². The van der Waals surface area contributed by atoms with Gasteiger partial charge in [-0.15, -0.1) is 0 Å². The van der Waals surface area contributed by atoms with Crippen molar-refractivity contribution in [1.82, 2.24) is 0 Å². The predicted molar refractivity (Wildman–Crippen MR) is 166 cm³/mol. The molecule has 0 amide bonds. The van der Waals surface area contributed by atoms with Crippen LogP contribution in [-0.4, -0.2) is 0 Å². The number of fused-ring (bicyclic) bond motifs is 10. The second-order valence-corrected chi connectivity index (χ2v) is 11.3. The SMILES string of the molecule is CC1c2ccccc2C2(c3ccccc31)c1cc(-c3ccccc3)ccc1N1c3ccccc3Oc3cccc2c31. The van der Waals surface area contributed by atoms with Gasteiger partial charge in [0.2, 0.25) is 0 Å². The third kappa shape index (κ3) is 2.87. The third-order valence-corrected chi connectivity index (χ3v) is 9.36. The maximum Gasteiger partial charge on any atom is 0.151 e. The lowest BCUT2D eigenvalue weighted by Gasteiger charge is -2.51. The van der Waals surface area contributed by atoms with Crippen LogP contribution in [0, 0.1) is 0 Å². The van der Waals surface area contributed by atoms with Gasteiger partial charge in [-0.05, 0) is 74.8 Å². The van der Waals surface area contributed by atoms with Gasteiger partial charge in [-0.2, -0.15) is 0 Å². The first-order chi connectivity index (χ1) is 20.3. The zero-order valence-electron chi connectivity index (χ0n) is 22.7. The van der Waals surface area contributed by atoms with E-state index in [-0.39, 0.29) is 0 Å². The zero-order valence-corrected chi connectivity index (χ0v) is 22.7. The fraction of sp³-hybridized carbons (Fsp3) is 0.0769. The summed E-state index contributed by atoms with van der Waals surface area (Å²) < 4.78 is 6.62. The zero-order chi connectivity index (χ0) is 27.1. The molecule has 0 unspecified atom stereocenters. The van der Waals surface area contributed by atoms with Crippen LogP contribution in [0.4, 0.5) is 17.1 Å². The topological polar surface area (TPSA) is 12.5 Å². The minimum Gasteiger partial charge on any atom is -0.453 e. The van der Waals surface area contributed by atoms with E-state index in [2.05, 4.69) is 145 Å². The van der Waals surface area contributed by atoms with Crippen LogP contribution >= 0.6 is 0 Å². The highest BCUT2D eigenvalue weighted by atomic mass is 16.5. The highest BCUT2D eigenvalue weighted by Gasteiger charge is 2.52. The van der Waals surface area contributed by atoms with E-state index in [4.69, 9.17) is 4.74 Å². The summed E-state index contributed by atoms with van der Waals surface area (Å²) in [5.74, 6) is 2.07. The van der Waals surface area contributed by atoms with Gasteiger partial charge in [-0.1, -0.05) is 116 Å². The molecule has 3 aliphatic rings. The van der Waals surface area contributed by atoms with Crippen molar-refractivity contribution < 1.29 is 4.74 Å². The van der Waals surface area contributed by atoms with Crippen LogP contribution in [0.25, 0.3) is 11.1 Å². The first-order valence-electron chi connectivity index (χ1n) is 14.4. The molecule has 1 spiro atoms. The summed E-state index contributed by atoms with van der Waals surface area (Å²) in [5.41, 5.74) is 13.4. The summed E-state index contributed by atoms with van der Waals surface area (Å²) in [6.07, 6.45) is 0. The van der Waals surface area contributed by atoms with Crippen molar-refractivity contribution in [2.75, 3.05) is 4.90 Å². The Morgan fingerprint density at radius 2 is 1.15 bits per heavy atom. The second-order valence-electron chi connectivity index (χ2n) is 11.3. The first-order valence-corrected chi connectivity index (χ1v) is 14.4. The molecule has 0 fully saturated rings. The van der Waals surface area contributed by atoms with Gasteiger partial charge in [-0.3, -0.25) is 0 Å². The Morgan fingerprint density at radius 3 is 1.93 bits per heavy atom. The van der Waals surface area contributed by atoms with E-state index in [9.17, 15) is 0 Å². The summed E-state index contributed by atoms with van der Waals surface area (Å²) in [7, 11) is 0. The molecule has 0 radical (unpaired) electrons. The molecule has 41 heavy (non-hydrogen) atoms. The van der Waals surface area contributed by atoms with Crippen LogP contribution in [-0.2, 0) is 5.41 Å². The fourth-order valence-corrected chi connectivity index (χ4v) is 7.67. The van der Waals surface area contributed by atoms with Crippen LogP contribution in [0.2, 0.25) is 0 Å². The van der Waals surface area contributed by atoms with Crippen LogP contribution in [0.3, 0.4) is 0 Å². The second kappa shape index (κ2) is 8.22. The molecule has 0 aromatic heterocycles. The van der Waals surface area contributed by atoms with E-state index >= 15 is 0 Å². The van der Waals surface area contributed by atoms with Crippen molar-refractivity contribution in [3.8, 4) is 22.6 Å². The van der Waals surface area contributed by atoms with Crippen LogP contribution < -0.4 is 9.64 Å². The van der Waals surface area contributed by atoms with E-state index in [1.165, 1.54) is 50.2 Å². The molecule has 2 aliphatic heterocycles. The number of benzene rings is 6. The largest absolute Gasteiger partial charge is 0.453 e. The molecule has 2 heterocycles. The lowest BCUT2D eigenvalue weighted by Crippen LogP contribution is -2.42. The Bertz CT molecular complexity index is 1960. The standard InChI is InChI=1S/C39H27NO/c1-25-28-14-5-7-16-30(28)39(31-17-8-6-15-29(25)31)32-18-11-21-37-38(32)40(35-19-9-10-20-36(35)41-37)34-23-22-27(24-33(34)39)26-12-3-2-4-13-26/h2-25H,1H3. The van der Waals surface area contributed by atoms with E-state index in [1.54, 1.807) is 0 Å². The van der Waals surface area contributed by atoms with Crippen LogP contribution in [0.15, 0.2) is 140 Å². The summed E-state index contributed by atoms with van der Waals surface area (Å²) in [4.78, 5) is 2.43. The van der Waals surface area contributed by atoms with Crippen molar-refractivity contribution >= 4 is 17.1 Å². The molecule has 2 heteroatoms. The van der Waals surface area contributed by atoms with Gasteiger partial charge < -0.3 is 9.64 Å². The number of para-hydroxylation sites is 3. The Kier molecular flexibility index (Phi) is 4.55. The van der Waals surface area contributed by atoms with Crippen LogP contribution in [0.1, 0.15) is 46.2 Å². The number of hydrogen-bond donors (Lipinski definition) is 0. The Balaban J connectivity index is 1.48. The average molecular weight is 526 g/mol. The molecule has 194 valence electrons. The van der Waals surface area contributed by atoms with Crippen LogP contribution in [0.5, 0.6) is 11.5 Å². The van der Waals surface area contributed by atoms with Crippen molar-refractivity contribution in [2.45, 2.75) is 18.3 Å². The Morgan fingerprint density at radius 1 is 0.512 bits per heavy atom. The van der Waals surface area contributed by atoms with Crippen molar-refractivity contribution in [1.29, 1.82) is 0 Å². The highest BCUT2D eigenvalue weighted by molar-refractivity contribution is 5.96. The number of rotatable bonds is 1. The Labute approximate surface area is 240 Å². The lowest BCUT2D eigenvalue weighted by molar-refractivity contribution is 0.473. The van der Waals surface area contributed by atoms with E-state index in [1.807, 2.05) is 6.07 Å². The van der Waals surface area contributed by atoms with Gasteiger partial charge in [0.1, 0.15) is 0 Å². The molecule has 0 saturated carbocycles. The molecule has 6 aromatic carbocycles. The number of hydrogen-bond acceptors (Lipinski definition) is 2. The summed E-state index contributed by atoms with van der Waals surface area (Å²) in [5, 5.41) is 0. The number of anilines is 3. The lowest BCUT2D eigenvalue weighted by atomic mass is 9.56. The average Bonchev–Trinajstić information content (AvgIpc) is 3.04. The van der Waals surface area contributed by atoms with E-state index < -0.39 is 5.41 Å².